The van der Waals surface area contributed by atoms with E-state index >= 15 is 0 Å². The second-order valence-corrected chi connectivity index (χ2v) is 6.46. The second kappa shape index (κ2) is 6.36. The lowest BCUT2D eigenvalue weighted by Crippen LogP contribution is -2.45. The summed E-state index contributed by atoms with van der Waals surface area (Å²) in [5.41, 5.74) is 2.75. The Kier molecular flexibility index (Phi) is 4.47. The SMILES string of the molecule is CC1CN(CCC(O)c2ccc3c(c2)CC(=O)N3)CC(C)O1. The molecule has 0 radical (unpaired) electrons. The summed E-state index contributed by atoms with van der Waals surface area (Å²) in [6.45, 7) is 6.86. The van der Waals surface area contributed by atoms with Crippen LogP contribution in [0.3, 0.4) is 0 Å². The van der Waals surface area contributed by atoms with Crippen LogP contribution in [0.4, 0.5) is 5.69 Å². The van der Waals surface area contributed by atoms with Crippen molar-refractivity contribution >= 4 is 11.6 Å². The van der Waals surface area contributed by atoms with Crippen molar-refractivity contribution in [2.75, 3.05) is 25.0 Å². The monoisotopic (exact) mass is 304 g/mol. The summed E-state index contributed by atoms with van der Waals surface area (Å²) < 4.78 is 5.73. The third-order valence-corrected chi connectivity index (χ3v) is 4.35. The van der Waals surface area contributed by atoms with Gasteiger partial charge in [-0.15, -0.1) is 0 Å². The van der Waals surface area contributed by atoms with Gasteiger partial charge >= 0.3 is 0 Å². The zero-order valence-electron chi connectivity index (χ0n) is 13.2. The fourth-order valence-electron chi connectivity index (χ4n) is 3.39. The number of benzene rings is 1. The van der Waals surface area contributed by atoms with Crippen LogP contribution in [0, 0.1) is 0 Å². The normalized spacial score (nSPS) is 26.6. The van der Waals surface area contributed by atoms with Gasteiger partial charge in [-0.3, -0.25) is 9.69 Å². The molecule has 0 bridgehead atoms. The Bertz CT molecular complexity index is 551. The van der Waals surface area contributed by atoms with E-state index < -0.39 is 6.10 Å². The molecule has 0 saturated carbocycles. The first-order valence-corrected chi connectivity index (χ1v) is 8.00. The minimum atomic E-state index is -0.491. The number of amides is 1. The molecule has 22 heavy (non-hydrogen) atoms. The van der Waals surface area contributed by atoms with Crippen molar-refractivity contribution < 1.29 is 14.6 Å². The number of carbonyl (C=O) groups is 1. The van der Waals surface area contributed by atoms with E-state index in [1.807, 2.05) is 18.2 Å². The number of ether oxygens (including phenoxy) is 1. The molecule has 5 nitrogen and oxygen atoms in total. The van der Waals surface area contributed by atoms with Crippen LogP contribution in [0.1, 0.15) is 37.5 Å². The summed E-state index contributed by atoms with van der Waals surface area (Å²) >= 11 is 0. The van der Waals surface area contributed by atoms with Gasteiger partial charge in [0.1, 0.15) is 0 Å². The van der Waals surface area contributed by atoms with Gasteiger partial charge in [0.25, 0.3) is 0 Å². The Morgan fingerprint density at radius 1 is 1.36 bits per heavy atom. The number of nitrogens with one attached hydrogen (secondary N) is 1. The highest BCUT2D eigenvalue weighted by Crippen LogP contribution is 2.27. The van der Waals surface area contributed by atoms with Gasteiger partial charge in [-0.2, -0.15) is 0 Å². The molecular formula is C17H24N2O3. The molecule has 1 aromatic rings. The Labute approximate surface area is 131 Å². The van der Waals surface area contributed by atoms with E-state index in [1.165, 1.54) is 0 Å². The van der Waals surface area contributed by atoms with Gasteiger partial charge in [-0.25, -0.2) is 0 Å². The van der Waals surface area contributed by atoms with Crippen molar-refractivity contribution in [3.63, 3.8) is 0 Å². The van der Waals surface area contributed by atoms with Crippen LogP contribution >= 0.6 is 0 Å². The molecule has 3 unspecified atom stereocenters. The summed E-state index contributed by atoms with van der Waals surface area (Å²) in [6.07, 6.45) is 1.11. The quantitative estimate of drug-likeness (QED) is 0.889. The average molecular weight is 304 g/mol. The van der Waals surface area contributed by atoms with Crippen LogP contribution in [-0.2, 0) is 16.0 Å². The van der Waals surface area contributed by atoms with Gasteiger partial charge in [-0.1, -0.05) is 12.1 Å². The largest absolute Gasteiger partial charge is 0.388 e. The molecule has 1 aromatic carbocycles. The number of hydrogen-bond acceptors (Lipinski definition) is 4. The van der Waals surface area contributed by atoms with Crippen LogP contribution in [0.25, 0.3) is 0 Å². The van der Waals surface area contributed by atoms with Crippen LogP contribution in [0.5, 0.6) is 0 Å². The smallest absolute Gasteiger partial charge is 0.228 e. The van der Waals surface area contributed by atoms with Crippen molar-refractivity contribution in [1.82, 2.24) is 4.90 Å². The number of anilines is 1. The summed E-state index contributed by atoms with van der Waals surface area (Å²) in [4.78, 5) is 13.7. The van der Waals surface area contributed by atoms with Crippen molar-refractivity contribution in [3.05, 3.63) is 29.3 Å². The maximum absolute atomic E-state index is 11.4. The van der Waals surface area contributed by atoms with Crippen molar-refractivity contribution in [2.24, 2.45) is 0 Å². The predicted molar refractivity (Wildman–Crippen MR) is 84.8 cm³/mol. The zero-order chi connectivity index (χ0) is 15.7. The molecule has 1 fully saturated rings. The minimum Gasteiger partial charge on any atom is -0.388 e. The first-order chi connectivity index (χ1) is 10.5. The van der Waals surface area contributed by atoms with Gasteiger partial charge in [-0.05, 0) is 37.5 Å². The third-order valence-electron chi connectivity index (χ3n) is 4.35. The Morgan fingerprint density at radius 3 is 2.82 bits per heavy atom. The van der Waals surface area contributed by atoms with Crippen molar-refractivity contribution in [2.45, 2.75) is 45.0 Å². The van der Waals surface area contributed by atoms with E-state index in [0.29, 0.717) is 12.8 Å². The Balaban J connectivity index is 1.57. The minimum absolute atomic E-state index is 0.0259. The molecule has 0 spiro atoms. The molecule has 2 aliphatic rings. The maximum atomic E-state index is 11.4. The number of morpholine rings is 1. The average Bonchev–Trinajstić information content (AvgIpc) is 2.82. The van der Waals surface area contributed by atoms with Gasteiger partial charge in [0.15, 0.2) is 0 Å². The highest BCUT2D eigenvalue weighted by atomic mass is 16.5. The number of hydrogen-bond donors (Lipinski definition) is 2. The fourth-order valence-corrected chi connectivity index (χ4v) is 3.39. The topological polar surface area (TPSA) is 61.8 Å². The summed E-state index contributed by atoms with van der Waals surface area (Å²) in [7, 11) is 0. The molecule has 0 aliphatic carbocycles. The van der Waals surface area contributed by atoms with Gasteiger partial charge in [0, 0.05) is 25.3 Å². The lowest BCUT2D eigenvalue weighted by atomic mass is 10.0. The van der Waals surface area contributed by atoms with E-state index in [9.17, 15) is 9.90 Å². The molecule has 3 rings (SSSR count). The lowest BCUT2D eigenvalue weighted by Gasteiger charge is -2.35. The highest BCUT2D eigenvalue weighted by molar-refractivity contribution is 5.99. The number of carbonyl (C=O) groups excluding carboxylic acids is 1. The molecule has 0 aromatic heterocycles. The van der Waals surface area contributed by atoms with Crippen LogP contribution in [0.2, 0.25) is 0 Å². The van der Waals surface area contributed by atoms with E-state index in [1.54, 1.807) is 0 Å². The molecule has 2 aliphatic heterocycles. The standard InChI is InChI=1S/C17H24N2O3/c1-11-9-19(10-12(2)22-11)6-5-16(20)13-3-4-15-14(7-13)8-17(21)18-15/h3-4,7,11-12,16,20H,5-6,8-10H2,1-2H3,(H,18,21). The first-order valence-electron chi connectivity index (χ1n) is 8.00. The number of rotatable bonds is 4. The van der Waals surface area contributed by atoms with Gasteiger partial charge in [0.2, 0.25) is 5.91 Å². The third kappa shape index (κ3) is 3.48. The van der Waals surface area contributed by atoms with E-state index in [4.69, 9.17) is 4.74 Å². The first kappa shape index (κ1) is 15.5. The number of nitrogens with zero attached hydrogens (tertiary/aromatic N) is 1. The van der Waals surface area contributed by atoms with Gasteiger partial charge < -0.3 is 15.2 Å². The van der Waals surface area contributed by atoms with Gasteiger partial charge in [0.05, 0.1) is 24.7 Å². The lowest BCUT2D eigenvalue weighted by molar-refractivity contribution is -0.115. The predicted octanol–water partition coefficient (Wildman–Crippen LogP) is 1.71. The second-order valence-electron chi connectivity index (χ2n) is 6.46. The van der Waals surface area contributed by atoms with E-state index in [0.717, 1.165) is 36.4 Å². The van der Waals surface area contributed by atoms with E-state index in [-0.39, 0.29) is 18.1 Å². The molecule has 2 N–H and O–H groups in total. The molecule has 1 saturated heterocycles. The number of fused-ring (bicyclic) bond motifs is 1. The molecule has 2 heterocycles. The zero-order valence-corrected chi connectivity index (χ0v) is 13.2. The fraction of sp³-hybridized carbons (Fsp3) is 0.588. The maximum Gasteiger partial charge on any atom is 0.228 e. The van der Waals surface area contributed by atoms with E-state index in [2.05, 4.69) is 24.1 Å². The number of aliphatic hydroxyl groups is 1. The molecule has 120 valence electrons. The van der Waals surface area contributed by atoms with Crippen molar-refractivity contribution in [1.29, 1.82) is 0 Å². The van der Waals surface area contributed by atoms with Crippen molar-refractivity contribution in [3.8, 4) is 0 Å². The highest BCUT2D eigenvalue weighted by Gasteiger charge is 2.23. The molecule has 5 heteroatoms. The summed E-state index contributed by atoms with van der Waals surface area (Å²) in [5, 5.41) is 13.2. The molecular weight excluding hydrogens is 280 g/mol. The Morgan fingerprint density at radius 2 is 2.09 bits per heavy atom. The molecule has 1 amide bonds. The van der Waals surface area contributed by atoms with Crippen LogP contribution < -0.4 is 5.32 Å². The molecule has 3 atom stereocenters. The summed E-state index contributed by atoms with van der Waals surface area (Å²) in [6, 6.07) is 5.74. The Hall–Kier alpha value is -1.43. The van der Waals surface area contributed by atoms with Crippen LogP contribution in [0.15, 0.2) is 18.2 Å². The summed E-state index contributed by atoms with van der Waals surface area (Å²) in [5.74, 6) is 0.0259. The van der Waals surface area contributed by atoms with Crippen LogP contribution in [-0.4, -0.2) is 47.8 Å². The number of aliphatic hydroxyl groups excluding tert-OH is 1.